The predicted molar refractivity (Wildman–Crippen MR) is 102 cm³/mol. The van der Waals surface area contributed by atoms with Gasteiger partial charge in [0, 0.05) is 5.52 Å². The molecule has 1 unspecified atom stereocenters. The van der Waals surface area contributed by atoms with Crippen LogP contribution in [-0.4, -0.2) is 25.9 Å². The first kappa shape index (κ1) is 24.3. The number of ether oxygens (including phenoxy) is 2. The average Bonchev–Trinajstić information content (AvgIpc) is 2.42. The van der Waals surface area contributed by atoms with E-state index in [0.29, 0.717) is 32.5 Å². The monoisotopic (exact) mass is 428 g/mol. The van der Waals surface area contributed by atoms with Crippen molar-refractivity contribution >= 4 is 41.6 Å². The van der Waals surface area contributed by atoms with Crippen molar-refractivity contribution in [2.75, 3.05) is 20.4 Å². The zero-order valence-electron chi connectivity index (χ0n) is 15.5. The molecule has 7 heteroatoms. The Kier molecular flexibility index (Phi) is 10.6. The normalized spacial score (nSPS) is 12.8. The van der Waals surface area contributed by atoms with Crippen LogP contribution in [0.3, 0.4) is 0 Å². The minimum atomic E-state index is -0.0392. The third-order valence-corrected chi connectivity index (χ3v) is 5.46. The van der Waals surface area contributed by atoms with Crippen molar-refractivity contribution in [2.24, 2.45) is 11.3 Å². The molecule has 0 radical (unpaired) electrons. The average molecular weight is 430 g/mol. The fraction of sp³-hybridized carbons (Fsp3) is 0.588. The quantitative estimate of drug-likeness (QED) is 0.493. The Hall–Kier alpha value is 0.287. The third-order valence-electron chi connectivity index (χ3n) is 3.27. The summed E-state index contributed by atoms with van der Waals surface area (Å²) in [6.07, 6.45) is 1.87. The summed E-state index contributed by atoms with van der Waals surface area (Å²) in [5.74, 6) is 1.29. The second-order valence-corrected chi connectivity index (χ2v) is 9.15. The Morgan fingerprint density at radius 1 is 1.29 bits per heavy atom. The summed E-state index contributed by atoms with van der Waals surface area (Å²) in [4.78, 5) is 12.7. The molecule has 0 fully saturated rings. The second kappa shape index (κ2) is 10.4. The van der Waals surface area contributed by atoms with E-state index in [0.717, 1.165) is 21.2 Å². The van der Waals surface area contributed by atoms with Crippen molar-refractivity contribution in [3.63, 3.8) is 0 Å². The fourth-order valence-electron chi connectivity index (χ4n) is 2.61. The van der Waals surface area contributed by atoms with Gasteiger partial charge in [-0.1, -0.05) is 45.2 Å². The summed E-state index contributed by atoms with van der Waals surface area (Å²) in [7, 11) is 3.76. The maximum Gasteiger partial charge on any atom is 1.00 e. The molecule has 0 N–H and O–H groups in total. The molecule has 0 heterocycles. The summed E-state index contributed by atoms with van der Waals surface area (Å²) in [6, 6.07) is 1.68. The molecule has 3 nitrogen and oxygen atoms in total. The number of halogens is 2. The van der Waals surface area contributed by atoms with E-state index in [2.05, 4.69) is 43.6 Å². The molecule has 1 aromatic carbocycles. The molecule has 0 amide bonds. The van der Waals surface area contributed by atoms with E-state index in [1.54, 1.807) is 6.07 Å². The van der Waals surface area contributed by atoms with Crippen molar-refractivity contribution in [1.29, 1.82) is 0 Å². The summed E-state index contributed by atoms with van der Waals surface area (Å²) < 4.78 is 11.3. The first-order valence-electron chi connectivity index (χ1n) is 7.42. The summed E-state index contributed by atoms with van der Waals surface area (Å²) in [5, 5.41) is 0.390. The Bertz CT molecular complexity index is 548. The van der Waals surface area contributed by atoms with Crippen LogP contribution in [0, 0.1) is 11.3 Å². The van der Waals surface area contributed by atoms with Crippen LogP contribution < -0.4 is 28.3 Å². The van der Waals surface area contributed by atoms with Crippen molar-refractivity contribution < 1.29 is 33.1 Å². The van der Waals surface area contributed by atoms with Crippen molar-refractivity contribution in [1.82, 2.24) is 0 Å². The smallest absolute Gasteiger partial charge is 0.495 e. The van der Waals surface area contributed by atoms with Gasteiger partial charge in [0.2, 0.25) is 0 Å². The van der Waals surface area contributed by atoms with E-state index in [4.69, 9.17) is 21.1 Å². The van der Waals surface area contributed by atoms with E-state index in [1.807, 2.05) is 0 Å². The van der Waals surface area contributed by atoms with Crippen molar-refractivity contribution in [2.45, 2.75) is 34.1 Å². The second-order valence-electron chi connectivity index (χ2n) is 6.80. The Labute approximate surface area is 172 Å². The first-order chi connectivity index (χ1) is 10.6. The Morgan fingerprint density at radius 2 is 1.83 bits per heavy atom. The molecule has 1 atom stereocenters. The van der Waals surface area contributed by atoms with Crippen LogP contribution in [0.5, 0.6) is 11.5 Å². The maximum absolute atomic E-state index is 12.7. The first-order valence-corrected chi connectivity index (χ1v) is 9.67. The van der Waals surface area contributed by atoms with Crippen LogP contribution in [-0.2, 0) is 0 Å². The van der Waals surface area contributed by atoms with E-state index < -0.39 is 0 Å². The van der Waals surface area contributed by atoms with Gasteiger partial charge in [-0.25, -0.2) is 0 Å². The molecule has 130 valence electrons. The maximum atomic E-state index is 12.7. The number of carbonyl (C=O) groups excluding carboxylic acids is 1. The molecule has 0 aromatic heterocycles. The van der Waals surface area contributed by atoms with Gasteiger partial charge in [0.1, 0.15) is 11.5 Å². The van der Waals surface area contributed by atoms with Crippen LogP contribution in [0.2, 0.25) is 5.02 Å². The van der Waals surface area contributed by atoms with E-state index in [1.165, 1.54) is 14.2 Å². The van der Waals surface area contributed by atoms with Gasteiger partial charge >= 0.3 is 18.9 Å². The van der Waals surface area contributed by atoms with Gasteiger partial charge in [-0.15, -0.1) is 0 Å². The third kappa shape index (κ3) is 6.89. The molecule has 24 heavy (non-hydrogen) atoms. The number of rotatable bonds is 7. The summed E-state index contributed by atoms with van der Waals surface area (Å²) in [6.45, 7) is 8.81. The molecule has 0 saturated heterocycles. The largest absolute Gasteiger partial charge is 1.00 e. The minimum Gasteiger partial charge on any atom is -0.495 e. The van der Waals surface area contributed by atoms with E-state index in [9.17, 15) is 4.79 Å². The molecular weight excluding hydrogens is 405 g/mol. The van der Waals surface area contributed by atoms with Crippen LogP contribution in [0.4, 0.5) is 0 Å². The Balaban J connectivity index is 0.00000529. The van der Waals surface area contributed by atoms with E-state index >= 15 is 0 Å². The predicted octanol–water partition coefficient (Wildman–Crippen LogP) is 3.28. The van der Waals surface area contributed by atoms with Crippen LogP contribution in [0.25, 0.3) is 0 Å². The summed E-state index contributed by atoms with van der Waals surface area (Å²) in [5.41, 5.74) is 0.619. The minimum absolute atomic E-state index is 0. The number of carbonyl (C=O) groups is 1. The zero-order chi connectivity index (χ0) is 17.8. The topological polar surface area (TPSA) is 35.5 Å². The SMILES string of the molecule is COc1c(Cl)cc(Br)c(OC)c1C(=O)[P-]CC(C)CC(C)(C)C.[Li+]. The number of hydrogen-bond donors (Lipinski definition) is 0. The van der Waals surface area contributed by atoms with Gasteiger partial charge in [0.05, 0.1) is 29.3 Å². The molecule has 1 rings (SSSR count). The molecule has 0 bridgehead atoms. The zero-order valence-corrected chi connectivity index (χ0v) is 18.7. The van der Waals surface area contributed by atoms with Gasteiger partial charge in [0.25, 0.3) is 0 Å². The molecule has 1 aromatic rings. The molecule has 0 aliphatic rings. The van der Waals surface area contributed by atoms with Crippen LogP contribution in [0.15, 0.2) is 10.5 Å². The number of benzene rings is 1. The molecule has 0 saturated carbocycles. The molecule has 0 spiro atoms. The number of hydrogen-bond acceptors (Lipinski definition) is 3. The molecule has 0 aliphatic heterocycles. The summed E-state index contributed by atoms with van der Waals surface area (Å²) >= 11 is 9.58. The fourth-order valence-corrected chi connectivity index (χ4v) is 4.57. The van der Waals surface area contributed by atoms with Gasteiger partial charge in [-0.2, -0.15) is 6.16 Å². The number of methoxy groups -OCH3 is 2. The molecular formula is C17H24BrClLiO3P. The van der Waals surface area contributed by atoms with Crippen molar-refractivity contribution in [3.8, 4) is 11.5 Å². The van der Waals surface area contributed by atoms with Gasteiger partial charge in [-0.3, -0.25) is 0 Å². The van der Waals surface area contributed by atoms with Gasteiger partial charge < -0.3 is 22.8 Å². The standard InChI is InChI=1S/C17H24BrClO3P.Li/c1-10(8-17(2,3)4)9-23-16(20)13-14(21-5)11(18)7-12(19)15(13)22-6;/h7,10H,8-9H2,1-6H3;/q-1;+1. The van der Waals surface area contributed by atoms with E-state index in [-0.39, 0.29) is 29.8 Å². The van der Waals surface area contributed by atoms with Gasteiger partial charge in [0.15, 0.2) is 0 Å². The van der Waals surface area contributed by atoms with Crippen LogP contribution >= 0.6 is 36.1 Å². The van der Waals surface area contributed by atoms with Gasteiger partial charge in [-0.05, 0) is 33.8 Å². The van der Waals surface area contributed by atoms with Crippen molar-refractivity contribution in [3.05, 3.63) is 21.1 Å². The van der Waals surface area contributed by atoms with Crippen LogP contribution in [0.1, 0.15) is 44.5 Å². The Morgan fingerprint density at radius 3 is 2.29 bits per heavy atom. The molecule has 0 aliphatic carbocycles.